The molecular weight excluding hydrogens is 330 g/mol. The van der Waals surface area contributed by atoms with Crippen LogP contribution in [0.5, 0.6) is 0 Å². The standard InChI is InChI=1S/C16H16ClN5O2/c1-10(23)20-16(15-19-11(2)24-21-15)5-6-22(9-16)14-7-13(17)4-3-12(14)8-18/h3-4,7H,5-6,9H2,1-2H3,(H,20,23)/t16-/m1/s1. The monoisotopic (exact) mass is 345 g/mol. The third kappa shape index (κ3) is 2.93. The van der Waals surface area contributed by atoms with Gasteiger partial charge in [0.2, 0.25) is 11.8 Å². The summed E-state index contributed by atoms with van der Waals surface area (Å²) in [6.45, 7) is 4.22. The Morgan fingerprint density at radius 1 is 1.54 bits per heavy atom. The van der Waals surface area contributed by atoms with Gasteiger partial charge in [-0.1, -0.05) is 16.8 Å². The number of hydrogen-bond donors (Lipinski definition) is 1. The molecule has 124 valence electrons. The van der Waals surface area contributed by atoms with Gasteiger partial charge in [-0.2, -0.15) is 10.2 Å². The van der Waals surface area contributed by atoms with Crippen LogP contribution in [0.4, 0.5) is 5.69 Å². The topological polar surface area (TPSA) is 95.1 Å². The van der Waals surface area contributed by atoms with E-state index in [0.29, 0.717) is 41.8 Å². The number of aryl methyl sites for hydroxylation is 1. The average Bonchev–Trinajstić information content (AvgIpc) is 3.14. The second-order valence-electron chi connectivity index (χ2n) is 5.85. The zero-order valence-electron chi connectivity index (χ0n) is 13.3. The normalized spacial score (nSPS) is 20.0. The highest BCUT2D eigenvalue weighted by Gasteiger charge is 2.44. The zero-order valence-corrected chi connectivity index (χ0v) is 14.1. The number of nitrogens with one attached hydrogen (secondary N) is 1. The Hall–Kier alpha value is -2.59. The summed E-state index contributed by atoms with van der Waals surface area (Å²) in [5.41, 5.74) is 0.512. The van der Waals surface area contributed by atoms with Gasteiger partial charge < -0.3 is 14.7 Å². The Bertz CT molecular complexity index is 828. The van der Waals surface area contributed by atoms with E-state index in [1.54, 1.807) is 25.1 Å². The number of rotatable bonds is 3. The lowest BCUT2D eigenvalue weighted by atomic mass is 9.97. The SMILES string of the molecule is CC(=O)N[C@]1(c2noc(C)n2)CCN(c2cc(Cl)ccc2C#N)C1. The first-order chi connectivity index (χ1) is 11.4. The van der Waals surface area contributed by atoms with E-state index in [1.807, 2.05) is 4.90 Å². The van der Waals surface area contributed by atoms with Crippen LogP contribution >= 0.6 is 11.6 Å². The minimum absolute atomic E-state index is 0.175. The molecule has 0 saturated carbocycles. The van der Waals surface area contributed by atoms with Crippen molar-refractivity contribution >= 4 is 23.2 Å². The molecular formula is C16H16ClN5O2. The molecule has 7 nitrogen and oxygen atoms in total. The van der Waals surface area contributed by atoms with Crippen LogP contribution in [0.3, 0.4) is 0 Å². The van der Waals surface area contributed by atoms with Gasteiger partial charge in [-0.3, -0.25) is 4.79 Å². The largest absolute Gasteiger partial charge is 0.367 e. The molecule has 1 fully saturated rings. The van der Waals surface area contributed by atoms with E-state index >= 15 is 0 Å². The lowest BCUT2D eigenvalue weighted by Crippen LogP contribution is -2.48. The Morgan fingerprint density at radius 2 is 2.33 bits per heavy atom. The summed E-state index contributed by atoms with van der Waals surface area (Å²) in [6, 6.07) is 7.30. The minimum atomic E-state index is -0.751. The van der Waals surface area contributed by atoms with Crippen molar-refractivity contribution in [3.05, 3.63) is 40.5 Å². The number of nitriles is 1. The summed E-state index contributed by atoms with van der Waals surface area (Å²) < 4.78 is 5.08. The van der Waals surface area contributed by atoms with Crippen LogP contribution < -0.4 is 10.2 Å². The summed E-state index contributed by atoms with van der Waals surface area (Å²) in [4.78, 5) is 18.0. The molecule has 0 unspecified atom stereocenters. The molecule has 1 saturated heterocycles. The van der Waals surface area contributed by atoms with Gasteiger partial charge in [0.15, 0.2) is 5.82 Å². The summed E-state index contributed by atoms with van der Waals surface area (Å²) in [5, 5.41) is 16.8. The van der Waals surface area contributed by atoms with Gasteiger partial charge in [0, 0.05) is 32.0 Å². The second-order valence-corrected chi connectivity index (χ2v) is 6.28. The molecule has 1 amide bonds. The molecule has 0 aliphatic carbocycles. The predicted molar refractivity (Wildman–Crippen MR) is 87.5 cm³/mol. The predicted octanol–water partition coefficient (Wildman–Crippen LogP) is 2.14. The van der Waals surface area contributed by atoms with Crippen molar-refractivity contribution in [1.29, 1.82) is 5.26 Å². The smallest absolute Gasteiger partial charge is 0.223 e. The highest BCUT2D eigenvalue weighted by atomic mass is 35.5. The van der Waals surface area contributed by atoms with E-state index in [9.17, 15) is 10.1 Å². The van der Waals surface area contributed by atoms with Gasteiger partial charge in [-0.15, -0.1) is 0 Å². The van der Waals surface area contributed by atoms with Gasteiger partial charge in [0.05, 0.1) is 11.3 Å². The molecule has 24 heavy (non-hydrogen) atoms. The first kappa shape index (κ1) is 16.3. The third-order valence-corrected chi connectivity index (χ3v) is 4.30. The number of nitrogens with zero attached hydrogens (tertiary/aromatic N) is 4. The van der Waals surface area contributed by atoms with E-state index in [0.717, 1.165) is 5.69 Å². The van der Waals surface area contributed by atoms with Crippen LogP contribution in [0.1, 0.15) is 30.6 Å². The molecule has 2 heterocycles. The Morgan fingerprint density at radius 3 is 2.96 bits per heavy atom. The van der Waals surface area contributed by atoms with Crippen LogP contribution in [-0.4, -0.2) is 29.1 Å². The molecule has 0 spiro atoms. The van der Waals surface area contributed by atoms with Crippen molar-refractivity contribution in [2.45, 2.75) is 25.8 Å². The maximum absolute atomic E-state index is 11.7. The van der Waals surface area contributed by atoms with Crippen LogP contribution in [0, 0.1) is 18.3 Å². The molecule has 0 bridgehead atoms. The third-order valence-electron chi connectivity index (χ3n) is 4.06. The van der Waals surface area contributed by atoms with Crippen molar-refractivity contribution in [2.75, 3.05) is 18.0 Å². The zero-order chi connectivity index (χ0) is 17.3. The van der Waals surface area contributed by atoms with Crippen molar-refractivity contribution < 1.29 is 9.32 Å². The highest BCUT2D eigenvalue weighted by Crippen LogP contribution is 2.35. The molecule has 0 radical (unpaired) electrons. The minimum Gasteiger partial charge on any atom is -0.367 e. The van der Waals surface area contributed by atoms with E-state index in [2.05, 4.69) is 21.5 Å². The van der Waals surface area contributed by atoms with E-state index in [-0.39, 0.29) is 5.91 Å². The number of carbonyl (C=O) groups excluding carboxylic acids is 1. The number of anilines is 1. The molecule has 1 N–H and O–H groups in total. The number of benzene rings is 1. The van der Waals surface area contributed by atoms with Crippen LogP contribution in [0.2, 0.25) is 5.02 Å². The quantitative estimate of drug-likeness (QED) is 0.915. The van der Waals surface area contributed by atoms with E-state index in [4.69, 9.17) is 16.1 Å². The summed E-state index contributed by atoms with van der Waals surface area (Å²) in [7, 11) is 0. The molecule has 1 atom stereocenters. The Kier molecular flexibility index (Phi) is 4.16. The van der Waals surface area contributed by atoms with Gasteiger partial charge in [0.25, 0.3) is 0 Å². The highest BCUT2D eigenvalue weighted by molar-refractivity contribution is 6.30. The fourth-order valence-electron chi connectivity index (χ4n) is 3.05. The van der Waals surface area contributed by atoms with E-state index < -0.39 is 5.54 Å². The maximum Gasteiger partial charge on any atom is 0.223 e. The molecule has 1 aliphatic rings. The van der Waals surface area contributed by atoms with Crippen LogP contribution in [0.25, 0.3) is 0 Å². The van der Waals surface area contributed by atoms with Crippen LogP contribution in [0.15, 0.2) is 22.7 Å². The fraction of sp³-hybridized carbons (Fsp3) is 0.375. The molecule has 8 heteroatoms. The van der Waals surface area contributed by atoms with Gasteiger partial charge >= 0.3 is 0 Å². The van der Waals surface area contributed by atoms with Gasteiger partial charge in [-0.25, -0.2) is 0 Å². The number of hydrogen-bond acceptors (Lipinski definition) is 6. The molecule has 1 aromatic heterocycles. The van der Waals surface area contributed by atoms with Crippen LogP contribution in [-0.2, 0) is 10.3 Å². The molecule has 1 aromatic carbocycles. The van der Waals surface area contributed by atoms with Gasteiger partial charge in [-0.05, 0) is 24.6 Å². The Labute approximate surface area is 144 Å². The number of amides is 1. The number of halogens is 1. The first-order valence-corrected chi connectivity index (χ1v) is 7.85. The Balaban J connectivity index is 1.98. The molecule has 2 aromatic rings. The number of aromatic nitrogens is 2. The van der Waals surface area contributed by atoms with Gasteiger partial charge in [0.1, 0.15) is 11.6 Å². The lowest BCUT2D eigenvalue weighted by Gasteiger charge is -2.27. The summed E-state index contributed by atoms with van der Waals surface area (Å²) in [6.07, 6.45) is 0.600. The lowest BCUT2D eigenvalue weighted by molar-refractivity contribution is -0.120. The first-order valence-electron chi connectivity index (χ1n) is 7.48. The average molecular weight is 346 g/mol. The molecule has 3 rings (SSSR count). The fourth-order valence-corrected chi connectivity index (χ4v) is 3.21. The second kappa shape index (κ2) is 6.13. The van der Waals surface area contributed by atoms with Crippen molar-refractivity contribution in [3.8, 4) is 6.07 Å². The van der Waals surface area contributed by atoms with Crippen molar-refractivity contribution in [1.82, 2.24) is 15.5 Å². The van der Waals surface area contributed by atoms with Crippen molar-refractivity contribution in [2.24, 2.45) is 0 Å². The summed E-state index contributed by atoms with van der Waals surface area (Å²) in [5.74, 6) is 0.706. The number of carbonyl (C=O) groups is 1. The molecule has 1 aliphatic heterocycles. The van der Waals surface area contributed by atoms with E-state index in [1.165, 1.54) is 6.92 Å². The van der Waals surface area contributed by atoms with Crippen molar-refractivity contribution in [3.63, 3.8) is 0 Å². The maximum atomic E-state index is 11.7. The summed E-state index contributed by atoms with van der Waals surface area (Å²) >= 11 is 6.08.